The van der Waals surface area contributed by atoms with Crippen LogP contribution in [0.15, 0.2) is 12.1 Å². The fourth-order valence-corrected chi connectivity index (χ4v) is 2.69. The molecule has 0 spiro atoms. The maximum atomic E-state index is 6.08. The lowest BCUT2D eigenvalue weighted by atomic mass is 10.0. The maximum Gasteiger partial charge on any atom is 0.0412 e. The maximum absolute atomic E-state index is 6.08. The van der Waals surface area contributed by atoms with E-state index in [0.29, 0.717) is 6.04 Å². The summed E-state index contributed by atoms with van der Waals surface area (Å²) in [5, 5.41) is 0.870. The summed E-state index contributed by atoms with van der Waals surface area (Å²) in [6.07, 6.45) is 2.42. The molecule has 0 aromatic heterocycles. The number of rotatable bonds is 1. The van der Waals surface area contributed by atoms with Crippen molar-refractivity contribution in [3.05, 3.63) is 33.8 Å². The lowest BCUT2D eigenvalue weighted by Crippen LogP contribution is -2.17. The molecule has 76 valence electrons. The molecule has 0 aliphatic heterocycles. The van der Waals surface area contributed by atoms with E-state index in [-0.39, 0.29) is 0 Å². The van der Waals surface area contributed by atoms with Crippen molar-refractivity contribution in [1.29, 1.82) is 0 Å². The average molecular weight is 210 g/mol. The number of benzene rings is 1. The summed E-state index contributed by atoms with van der Waals surface area (Å²) in [7, 11) is 4.27. The van der Waals surface area contributed by atoms with Gasteiger partial charge >= 0.3 is 0 Å². The number of hydrogen-bond acceptors (Lipinski definition) is 1. The molecule has 1 aliphatic rings. The van der Waals surface area contributed by atoms with Crippen LogP contribution >= 0.6 is 11.6 Å². The largest absolute Gasteiger partial charge is 0.302 e. The second-order valence-electron chi connectivity index (χ2n) is 4.31. The van der Waals surface area contributed by atoms with Crippen molar-refractivity contribution in [1.82, 2.24) is 4.90 Å². The predicted octanol–water partition coefficient (Wildman–Crippen LogP) is 3.20. The molecule has 0 radical (unpaired) electrons. The van der Waals surface area contributed by atoms with E-state index in [1.165, 1.54) is 29.5 Å². The third-order valence-electron chi connectivity index (χ3n) is 3.12. The van der Waals surface area contributed by atoms with E-state index in [4.69, 9.17) is 11.6 Å². The van der Waals surface area contributed by atoms with Gasteiger partial charge in [-0.2, -0.15) is 0 Å². The SMILES string of the molecule is Cc1cc(Cl)cc2c1CCC2N(C)C. The van der Waals surface area contributed by atoms with E-state index < -0.39 is 0 Å². The van der Waals surface area contributed by atoms with Crippen molar-refractivity contribution < 1.29 is 0 Å². The Morgan fingerprint density at radius 1 is 1.36 bits per heavy atom. The molecule has 1 aliphatic carbocycles. The van der Waals surface area contributed by atoms with Crippen LogP contribution in [0.25, 0.3) is 0 Å². The van der Waals surface area contributed by atoms with Crippen molar-refractivity contribution in [2.75, 3.05) is 14.1 Å². The summed E-state index contributed by atoms with van der Waals surface area (Å²) in [6.45, 7) is 2.16. The summed E-state index contributed by atoms with van der Waals surface area (Å²) < 4.78 is 0. The minimum atomic E-state index is 0.558. The second-order valence-corrected chi connectivity index (χ2v) is 4.74. The Kier molecular flexibility index (Phi) is 2.54. The van der Waals surface area contributed by atoms with E-state index in [1.54, 1.807) is 0 Å². The Hall–Kier alpha value is -0.530. The standard InChI is InChI=1S/C12H16ClN/c1-8-6-9(13)7-11-10(8)4-5-12(11)14(2)3/h6-7,12H,4-5H2,1-3H3. The van der Waals surface area contributed by atoms with Crippen LogP contribution < -0.4 is 0 Å². The molecule has 1 aromatic carbocycles. The van der Waals surface area contributed by atoms with Crippen molar-refractivity contribution in [3.8, 4) is 0 Å². The van der Waals surface area contributed by atoms with Crippen LogP contribution in [0.3, 0.4) is 0 Å². The van der Waals surface area contributed by atoms with Crippen LogP contribution in [-0.4, -0.2) is 19.0 Å². The molecule has 2 heteroatoms. The molecular formula is C12H16ClN. The lowest BCUT2D eigenvalue weighted by molar-refractivity contribution is 0.299. The third kappa shape index (κ3) is 1.55. The molecule has 0 N–H and O–H groups in total. The molecule has 1 unspecified atom stereocenters. The minimum Gasteiger partial charge on any atom is -0.302 e. The number of hydrogen-bond donors (Lipinski definition) is 0. The molecule has 0 amide bonds. The Morgan fingerprint density at radius 3 is 2.71 bits per heavy atom. The van der Waals surface area contributed by atoms with E-state index in [2.05, 4.69) is 38.1 Å². The summed E-state index contributed by atoms with van der Waals surface area (Å²) in [5.41, 5.74) is 4.28. The number of halogens is 1. The van der Waals surface area contributed by atoms with Crippen LogP contribution in [0.2, 0.25) is 5.02 Å². The molecule has 1 atom stereocenters. The molecule has 1 nitrogen and oxygen atoms in total. The molecule has 0 bridgehead atoms. The average Bonchev–Trinajstić information content (AvgIpc) is 2.47. The van der Waals surface area contributed by atoms with Gasteiger partial charge in [0, 0.05) is 11.1 Å². The third-order valence-corrected chi connectivity index (χ3v) is 3.34. The molecule has 2 rings (SSSR count). The first-order chi connectivity index (χ1) is 6.59. The van der Waals surface area contributed by atoms with Crippen LogP contribution in [0.4, 0.5) is 0 Å². The highest BCUT2D eigenvalue weighted by Gasteiger charge is 2.25. The quantitative estimate of drug-likeness (QED) is 0.687. The van der Waals surface area contributed by atoms with Gasteiger partial charge in [-0.1, -0.05) is 11.6 Å². The van der Waals surface area contributed by atoms with Crippen LogP contribution in [0.1, 0.15) is 29.2 Å². The van der Waals surface area contributed by atoms with Gasteiger partial charge in [-0.3, -0.25) is 0 Å². The summed E-state index contributed by atoms with van der Waals surface area (Å²) >= 11 is 6.08. The van der Waals surface area contributed by atoms with Gasteiger partial charge in [0.15, 0.2) is 0 Å². The zero-order valence-electron chi connectivity index (χ0n) is 8.97. The first-order valence-electron chi connectivity index (χ1n) is 5.05. The Balaban J connectivity index is 2.49. The van der Waals surface area contributed by atoms with E-state index >= 15 is 0 Å². The van der Waals surface area contributed by atoms with Gasteiger partial charge in [-0.25, -0.2) is 0 Å². The summed E-state index contributed by atoms with van der Waals surface area (Å²) in [4.78, 5) is 2.28. The van der Waals surface area contributed by atoms with Crippen LogP contribution in [0, 0.1) is 6.92 Å². The summed E-state index contributed by atoms with van der Waals surface area (Å²) in [6, 6.07) is 4.75. The highest BCUT2D eigenvalue weighted by atomic mass is 35.5. The van der Waals surface area contributed by atoms with Crippen LogP contribution in [0.5, 0.6) is 0 Å². The van der Waals surface area contributed by atoms with Gasteiger partial charge in [0.25, 0.3) is 0 Å². The van der Waals surface area contributed by atoms with Crippen LogP contribution in [-0.2, 0) is 6.42 Å². The minimum absolute atomic E-state index is 0.558. The Labute approximate surface area is 90.7 Å². The fraction of sp³-hybridized carbons (Fsp3) is 0.500. The Bertz CT molecular complexity index is 358. The van der Waals surface area contributed by atoms with Crippen molar-refractivity contribution >= 4 is 11.6 Å². The van der Waals surface area contributed by atoms with Crippen molar-refractivity contribution in [3.63, 3.8) is 0 Å². The van der Waals surface area contributed by atoms with Gasteiger partial charge < -0.3 is 4.90 Å². The number of aryl methyl sites for hydroxylation is 1. The molecule has 0 fully saturated rings. The van der Waals surface area contributed by atoms with Crippen molar-refractivity contribution in [2.24, 2.45) is 0 Å². The fourth-order valence-electron chi connectivity index (χ4n) is 2.41. The van der Waals surface area contributed by atoms with Gasteiger partial charge in [-0.15, -0.1) is 0 Å². The van der Waals surface area contributed by atoms with E-state index in [9.17, 15) is 0 Å². The monoisotopic (exact) mass is 209 g/mol. The summed E-state index contributed by atoms with van der Waals surface area (Å²) in [5.74, 6) is 0. The molecule has 0 saturated heterocycles. The second kappa shape index (κ2) is 3.56. The van der Waals surface area contributed by atoms with E-state index in [0.717, 1.165) is 5.02 Å². The molecule has 0 saturated carbocycles. The van der Waals surface area contributed by atoms with Gasteiger partial charge in [-0.05, 0) is 62.7 Å². The highest BCUT2D eigenvalue weighted by Crippen LogP contribution is 2.37. The Morgan fingerprint density at radius 2 is 2.07 bits per heavy atom. The van der Waals surface area contributed by atoms with Crippen molar-refractivity contribution in [2.45, 2.75) is 25.8 Å². The van der Waals surface area contributed by atoms with Gasteiger partial charge in [0.1, 0.15) is 0 Å². The molecule has 14 heavy (non-hydrogen) atoms. The van der Waals surface area contributed by atoms with Gasteiger partial charge in [0.05, 0.1) is 0 Å². The topological polar surface area (TPSA) is 3.24 Å². The predicted molar refractivity (Wildman–Crippen MR) is 60.9 cm³/mol. The van der Waals surface area contributed by atoms with E-state index in [1.807, 2.05) is 0 Å². The normalized spacial score (nSPS) is 20.2. The molecular weight excluding hydrogens is 194 g/mol. The lowest BCUT2D eigenvalue weighted by Gasteiger charge is -2.20. The first kappa shape index (κ1) is 10.0. The number of fused-ring (bicyclic) bond motifs is 1. The first-order valence-corrected chi connectivity index (χ1v) is 5.42. The zero-order chi connectivity index (χ0) is 10.3. The molecule has 0 heterocycles. The smallest absolute Gasteiger partial charge is 0.0412 e. The number of nitrogens with zero attached hydrogens (tertiary/aromatic N) is 1. The molecule has 1 aromatic rings. The zero-order valence-corrected chi connectivity index (χ0v) is 9.73. The van der Waals surface area contributed by atoms with Gasteiger partial charge in [0.2, 0.25) is 0 Å². The highest BCUT2D eigenvalue weighted by molar-refractivity contribution is 6.30.